The van der Waals surface area contributed by atoms with Crippen molar-refractivity contribution in [1.29, 1.82) is 0 Å². The number of hydrogen-bond donors (Lipinski definition) is 2. The van der Waals surface area contributed by atoms with Crippen LogP contribution in [0.2, 0.25) is 5.02 Å². The topological polar surface area (TPSA) is 76.4 Å². The second-order valence-corrected chi connectivity index (χ2v) is 6.56. The maximum absolute atomic E-state index is 9.71. The molecule has 0 aliphatic carbocycles. The zero-order chi connectivity index (χ0) is 17.8. The van der Waals surface area contributed by atoms with Crippen molar-refractivity contribution in [2.24, 2.45) is 4.99 Å². The molecule has 0 atom stereocenters. The van der Waals surface area contributed by atoms with Crippen molar-refractivity contribution in [3.63, 3.8) is 0 Å². The number of pyridine rings is 1. The molecule has 5 nitrogen and oxygen atoms in total. The van der Waals surface area contributed by atoms with Gasteiger partial charge in [-0.05, 0) is 35.9 Å². The van der Waals surface area contributed by atoms with Crippen molar-refractivity contribution in [3.8, 4) is 16.9 Å². The Morgan fingerprint density at radius 1 is 0.962 bits per heavy atom. The highest BCUT2D eigenvalue weighted by Crippen LogP contribution is 2.41. The minimum Gasteiger partial charge on any atom is -0.508 e. The maximum atomic E-state index is 9.71. The van der Waals surface area contributed by atoms with E-state index in [1.54, 1.807) is 18.3 Å². The SMILES string of the molecule is Nn1cc2c3c(ccnc31)-c1ccccc1N=C2c1ccc(O)cc1Cl. The molecule has 0 unspecified atom stereocenters. The van der Waals surface area contributed by atoms with Crippen molar-refractivity contribution in [1.82, 2.24) is 9.66 Å². The molecular formula is C20H13ClN4O. The summed E-state index contributed by atoms with van der Waals surface area (Å²) >= 11 is 6.42. The summed E-state index contributed by atoms with van der Waals surface area (Å²) in [6.45, 7) is 0. The first kappa shape index (κ1) is 15.0. The van der Waals surface area contributed by atoms with Crippen LogP contribution in [0.3, 0.4) is 0 Å². The molecule has 2 aromatic carbocycles. The number of nitrogen functional groups attached to an aromatic ring is 1. The van der Waals surface area contributed by atoms with Crippen LogP contribution >= 0.6 is 11.6 Å². The zero-order valence-electron chi connectivity index (χ0n) is 13.5. The smallest absolute Gasteiger partial charge is 0.159 e. The lowest BCUT2D eigenvalue weighted by Crippen LogP contribution is -2.07. The zero-order valence-corrected chi connectivity index (χ0v) is 14.3. The summed E-state index contributed by atoms with van der Waals surface area (Å²) in [5.41, 5.74) is 5.84. The third-order valence-electron chi connectivity index (χ3n) is 4.60. The molecule has 3 N–H and O–H groups in total. The van der Waals surface area contributed by atoms with E-state index in [4.69, 9.17) is 22.4 Å². The minimum atomic E-state index is 0.108. The van der Waals surface area contributed by atoms with E-state index >= 15 is 0 Å². The number of nitrogens with two attached hydrogens (primary N) is 1. The summed E-state index contributed by atoms with van der Waals surface area (Å²) in [5, 5.41) is 11.1. The molecule has 0 fully saturated rings. The molecule has 6 heteroatoms. The number of benzene rings is 2. The van der Waals surface area contributed by atoms with Gasteiger partial charge in [-0.2, -0.15) is 0 Å². The van der Waals surface area contributed by atoms with E-state index in [1.165, 1.54) is 10.7 Å². The molecule has 26 heavy (non-hydrogen) atoms. The van der Waals surface area contributed by atoms with E-state index < -0.39 is 0 Å². The summed E-state index contributed by atoms with van der Waals surface area (Å²) in [6.07, 6.45) is 3.56. The molecule has 0 bridgehead atoms. The highest BCUT2D eigenvalue weighted by atomic mass is 35.5. The highest BCUT2D eigenvalue weighted by molar-refractivity contribution is 6.37. The number of nitrogens with zero attached hydrogens (tertiary/aromatic N) is 3. The van der Waals surface area contributed by atoms with Crippen LogP contribution in [0.1, 0.15) is 11.1 Å². The number of para-hydroxylation sites is 1. The molecule has 5 rings (SSSR count). The Labute approximate surface area is 154 Å². The average Bonchev–Trinajstić information content (AvgIpc) is 2.90. The molecule has 0 saturated carbocycles. The van der Waals surface area contributed by atoms with E-state index in [2.05, 4.69) is 4.98 Å². The van der Waals surface area contributed by atoms with Crippen molar-refractivity contribution in [3.05, 3.63) is 77.1 Å². The summed E-state index contributed by atoms with van der Waals surface area (Å²) < 4.78 is 1.51. The number of phenolic OH excluding ortho intramolecular Hbond substituents is 1. The Kier molecular flexibility index (Phi) is 3.08. The maximum Gasteiger partial charge on any atom is 0.159 e. The van der Waals surface area contributed by atoms with Crippen molar-refractivity contribution in [2.45, 2.75) is 0 Å². The predicted molar refractivity (Wildman–Crippen MR) is 104 cm³/mol. The first-order valence-corrected chi connectivity index (χ1v) is 8.44. The molecule has 4 aromatic rings. The molecule has 1 aliphatic rings. The van der Waals surface area contributed by atoms with E-state index in [0.29, 0.717) is 16.4 Å². The van der Waals surface area contributed by atoms with Gasteiger partial charge in [0.1, 0.15) is 5.75 Å². The largest absolute Gasteiger partial charge is 0.508 e. The lowest BCUT2D eigenvalue weighted by Gasteiger charge is -2.08. The van der Waals surface area contributed by atoms with Gasteiger partial charge in [0.25, 0.3) is 0 Å². The van der Waals surface area contributed by atoms with Crippen LogP contribution < -0.4 is 5.84 Å². The number of phenols is 1. The summed E-state index contributed by atoms with van der Waals surface area (Å²) in [6, 6.07) is 14.8. The van der Waals surface area contributed by atoms with Gasteiger partial charge in [0.2, 0.25) is 0 Å². The van der Waals surface area contributed by atoms with Crippen LogP contribution in [0.25, 0.3) is 22.2 Å². The lowest BCUT2D eigenvalue weighted by atomic mass is 9.98. The summed E-state index contributed by atoms with van der Waals surface area (Å²) in [7, 11) is 0. The van der Waals surface area contributed by atoms with Crippen LogP contribution in [0.5, 0.6) is 5.75 Å². The minimum absolute atomic E-state index is 0.108. The Bertz CT molecular complexity index is 1230. The molecule has 2 aromatic heterocycles. The molecule has 1 aliphatic heterocycles. The first-order valence-electron chi connectivity index (χ1n) is 8.06. The number of aliphatic imine (C=N–C) groups is 1. The Hall–Kier alpha value is -3.31. The standard InChI is InChI=1S/C20H13ClN4O/c21-16-9-11(26)5-6-14(16)19-15-10-25(22)20-18(15)13(7-8-23-20)12-3-1-2-4-17(12)24-19/h1-10,26H,22H2. The van der Waals surface area contributed by atoms with Crippen molar-refractivity contribution >= 4 is 34.0 Å². The fourth-order valence-corrected chi connectivity index (χ4v) is 3.73. The molecule has 126 valence electrons. The van der Waals surface area contributed by atoms with E-state index in [9.17, 15) is 5.11 Å². The predicted octanol–water partition coefficient (Wildman–Crippen LogP) is 4.26. The van der Waals surface area contributed by atoms with Crippen LogP contribution in [0.15, 0.2) is 65.9 Å². The number of fused-ring (bicyclic) bond motifs is 2. The van der Waals surface area contributed by atoms with Crippen LogP contribution in [0.4, 0.5) is 5.69 Å². The van der Waals surface area contributed by atoms with Gasteiger partial charge in [-0.25, -0.2) is 9.98 Å². The molecule has 0 spiro atoms. The summed E-state index contributed by atoms with van der Waals surface area (Å²) in [4.78, 5) is 9.34. The monoisotopic (exact) mass is 360 g/mol. The normalized spacial score (nSPS) is 12.6. The van der Waals surface area contributed by atoms with E-state index in [1.807, 2.05) is 36.5 Å². The Balaban J connectivity index is 1.94. The van der Waals surface area contributed by atoms with Gasteiger partial charge in [0.05, 0.1) is 16.4 Å². The fourth-order valence-electron chi connectivity index (χ4n) is 3.46. The quantitative estimate of drug-likeness (QED) is 0.438. The van der Waals surface area contributed by atoms with Crippen LogP contribution in [-0.4, -0.2) is 20.5 Å². The van der Waals surface area contributed by atoms with Crippen molar-refractivity contribution < 1.29 is 5.11 Å². The Morgan fingerprint density at radius 2 is 1.81 bits per heavy atom. The second-order valence-electron chi connectivity index (χ2n) is 6.15. The van der Waals surface area contributed by atoms with Gasteiger partial charge in [0, 0.05) is 34.5 Å². The lowest BCUT2D eigenvalue weighted by molar-refractivity contribution is 0.475. The summed E-state index contributed by atoms with van der Waals surface area (Å²) in [5.74, 6) is 6.26. The van der Waals surface area contributed by atoms with Gasteiger partial charge < -0.3 is 10.9 Å². The molecular weight excluding hydrogens is 348 g/mol. The van der Waals surface area contributed by atoms with Gasteiger partial charge >= 0.3 is 0 Å². The average molecular weight is 361 g/mol. The number of aromatic nitrogens is 2. The number of rotatable bonds is 1. The van der Waals surface area contributed by atoms with Gasteiger partial charge in [-0.1, -0.05) is 29.8 Å². The number of hydrogen-bond acceptors (Lipinski definition) is 4. The van der Waals surface area contributed by atoms with Crippen molar-refractivity contribution in [2.75, 3.05) is 5.84 Å². The first-order chi connectivity index (χ1) is 12.6. The van der Waals surface area contributed by atoms with Gasteiger partial charge in [-0.3, -0.25) is 4.68 Å². The number of halogens is 1. The number of aromatic hydroxyl groups is 1. The van der Waals surface area contributed by atoms with E-state index in [-0.39, 0.29) is 5.75 Å². The van der Waals surface area contributed by atoms with Crippen LogP contribution in [0, 0.1) is 0 Å². The molecule has 3 heterocycles. The van der Waals surface area contributed by atoms with Gasteiger partial charge in [-0.15, -0.1) is 0 Å². The molecule has 0 radical (unpaired) electrons. The fraction of sp³-hybridized carbons (Fsp3) is 0. The van der Waals surface area contributed by atoms with E-state index in [0.717, 1.165) is 33.3 Å². The third kappa shape index (κ3) is 2.04. The Morgan fingerprint density at radius 3 is 2.65 bits per heavy atom. The third-order valence-corrected chi connectivity index (χ3v) is 4.92. The van der Waals surface area contributed by atoms with Gasteiger partial charge in [0.15, 0.2) is 5.65 Å². The molecule has 0 saturated heterocycles. The van der Waals surface area contributed by atoms with Crippen LogP contribution in [-0.2, 0) is 0 Å². The second kappa shape index (κ2) is 5.34. The molecule has 0 amide bonds. The highest BCUT2D eigenvalue weighted by Gasteiger charge is 2.24.